The van der Waals surface area contributed by atoms with Crippen molar-refractivity contribution in [3.8, 4) is 5.75 Å². The molecular formula is C16H15ClOS. The number of fused-ring (bicyclic) bond motifs is 1. The zero-order valence-electron chi connectivity index (χ0n) is 10.5. The summed E-state index contributed by atoms with van der Waals surface area (Å²) in [5.74, 6) is 2.60. The van der Waals surface area contributed by atoms with Crippen molar-refractivity contribution in [3.05, 3.63) is 59.7 Å². The van der Waals surface area contributed by atoms with Gasteiger partial charge in [0.2, 0.25) is 0 Å². The van der Waals surface area contributed by atoms with Gasteiger partial charge in [-0.05, 0) is 29.3 Å². The minimum absolute atomic E-state index is 0.287. The minimum Gasteiger partial charge on any atom is -0.489 e. The maximum absolute atomic E-state index is 5.93. The number of thioether (sulfide) groups is 1. The first-order valence-electron chi connectivity index (χ1n) is 6.37. The lowest BCUT2D eigenvalue weighted by Gasteiger charge is -2.10. The summed E-state index contributed by atoms with van der Waals surface area (Å²) in [5.41, 5.74) is 2.49. The highest BCUT2D eigenvalue weighted by molar-refractivity contribution is 7.99. The third-order valence-corrected chi connectivity index (χ3v) is 4.68. The molecule has 0 aromatic heterocycles. The molecule has 0 N–H and O–H groups in total. The Morgan fingerprint density at radius 3 is 2.63 bits per heavy atom. The molecule has 0 spiro atoms. The number of alkyl halides is 1. The van der Waals surface area contributed by atoms with E-state index in [-0.39, 0.29) is 6.10 Å². The van der Waals surface area contributed by atoms with E-state index in [1.165, 1.54) is 10.5 Å². The molecule has 0 amide bonds. The van der Waals surface area contributed by atoms with Crippen molar-refractivity contribution < 1.29 is 4.74 Å². The molecule has 3 heteroatoms. The SMILES string of the molecule is ClCc1ccc(SCC2Cc3ccccc3O2)cc1. The second-order valence-corrected chi connectivity index (χ2v) is 6.00. The Balaban J connectivity index is 1.56. The highest BCUT2D eigenvalue weighted by Crippen LogP contribution is 2.31. The van der Waals surface area contributed by atoms with Crippen LogP contribution in [0, 0.1) is 0 Å². The fourth-order valence-corrected chi connectivity index (χ4v) is 3.28. The molecule has 19 heavy (non-hydrogen) atoms. The van der Waals surface area contributed by atoms with Gasteiger partial charge in [0.05, 0.1) is 0 Å². The largest absolute Gasteiger partial charge is 0.489 e. The molecule has 0 bridgehead atoms. The number of hydrogen-bond acceptors (Lipinski definition) is 2. The summed E-state index contributed by atoms with van der Waals surface area (Å²) >= 11 is 7.62. The van der Waals surface area contributed by atoms with Gasteiger partial charge in [0.1, 0.15) is 11.9 Å². The van der Waals surface area contributed by atoms with E-state index in [0.29, 0.717) is 5.88 Å². The molecule has 1 atom stereocenters. The van der Waals surface area contributed by atoms with Gasteiger partial charge < -0.3 is 4.74 Å². The summed E-state index contributed by atoms with van der Waals surface area (Å²) in [6.45, 7) is 0. The monoisotopic (exact) mass is 290 g/mol. The summed E-state index contributed by atoms with van der Waals surface area (Å²) in [5, 5.41) is 0. The number of halogens is 1. The molecule has 0 aliphatic carbocycles. The van der Waals surface area contributed by atoms with Gasteiger partial charge in [0.15, 0.2) is 0 Å². The van der Waals surface area contributed by atoms with Crippen molar-refractivity contribution in [2.75, 3.05) is 5.75 Å². The summed E-state index contributed by atoms with van der Waals surface area (Å²) < 4.78 is 5.93. The Bertz CT molecular complexity index is 528. The lowest BCUT2D eigenvalue weighted by atomic mass is 10.1. The predicted molar refractivity (Wildman–Crippen MR) is 81.3 cm³/mol. The molecule has 1 unspecified atom stereocenters. The standard InChI is InChI=1S/C16H15ClOS/c17-10-12-5-7-15(8-6-12)19-11-14-9-13-3-1-2-4-16(13)18-14/h1-8,14H,9-11H2. The lowest BCUT2D eigenvalue weighted by molar-refractivity contribution is 0.259. The van der Waals surface area contributed by atoms with Gasteiger partial charge in [-0.2, -0.15) is 0 Å². The van der Waals surface area contributed by atoms with Crippen molar-refractivity contribution in [1.82, 2.24) is 0 Å². The van der Waals surface area contributed by atoms with Gasteiger partial charge in [0.25, 0.3) is 0 Å². The molecule has 1 aliphatic heterocycles. The van der Waals surface area contributed by atoms with Crippen LogP contribution in [-0.2, 0) is 12.3 Å². The number of ether oxygens (including phenoxy) is 1. The fourth-order valence-electron chi connectivity index (χ4n) is 2.21. The predicted octanol–water partition coefficient (Wildman–Crippen LogP) is 4.52. The molecule has 0 saturated heterocycles. The van der Waals surface area contributed by atoms with Gasteiger partial charge in [-0.25, -0.2) is 0 Å². The van der Waals surface area contributed by atoms with Gasteiger partial charge in [0, 0.05) is 22.9 Å². The Hall–Kier alpha value is -1.12. The number of hydrogen-bond donors (Lipinski definition) is 0. The molecule has 1 heterocycles. The van der Waals surface area contributed by atoms with Crippen molar-refractivity contribution in [1.29, 1.82) is 0 Å². The van der Waals surface area contributed by atoms with E-state index < -0.39 is 0 Å². The fraction of sp³-hybridized carbons (Fsp3) is 0.250. The molecule has 2 aromatic carbocycles. The van der Waals surface area contributed by atoms with Crippen LogP contribution in [0.25, 0.3) is 0 Å². The van der Waals surface area contributed by atoms with Crippen molar-refractivity contribution >= 4 is 23.4 Å². The third-order valence-electron chi connectivity index (χ3n) is 3.23. The quantitative estimate of drug-likeness (QED) is 0.605. The normalized spacial score (nSPS) is 17.0. The summed E-state index contributed by atoms with van der Waals surface area (Å²) in [6, 6.07) is 16.7. The molecule has 1 aliphatic rings. The number of benzene rings is 2. The first-order chi connectivity index (χ1) is 9.35. The van der Waals surface area contributed by atoms with Gasteiger partial charge in [-0.3, -0.25) is 0 Å². The van der Waals surface area contributed by atoms with Gasteiger partial charge >= 0.3 is 0 Å². The van der Waals surface area contributed by atoms with E-state index in [4.69, 9.17) is 16.3 Å². The first-order valence-corrected chi connectivity index (χ1v) is 7.89. The van der Waals surface area contributed by atoms with E-state index in [1.807, 2.05) is 17.8 Å². The lowest BCUT2D eigenvalue weighted by Crippen LogP contribution is -2.15. The van der Waals surface area contributed by atoms with Crippen molar-refractivity contribution in [3.63, 3.8) is 0 Å². The second-order valence-electron chi connectivity index (χ2n) is 4.64. The third kappa shape index (κ3) is 3.07. The number of rotatable bonds is 4. The zero-order chi connectivity index (χ0) is 13.1. The van der Waals surface area contributed by atoms with E-state index in [1.54, 1.807) is 0 Å². The molecule has 0 fully saturated rings. The summed E-state index contributed by atoms with van der Waals surface area (Å²) in [7, 11) is 0. The van der Waals surface area contributed by atoms with Crippen LogP contribution in [0.15, 0.2) is 53.4 Å². The van der Waals surface area contributed by atoms with Crippen molar-refractivity contribution in [2.24, 2.45) is 0 Å². The highest BCUT2D eigenvalue weighted by atomic mass is 35.5. The minimum atomic E-state index is 0.287. The van der Waals surface area contributed by atoms with Crippen LogP contribution >= 0.6 is 23.4 Å². The van der Waals surface area contributed by atoms with E-state index in [9.17, 15) is 0 Å². The topological polar surface area (TPSA) is 9.23 Å². The Labute approximate surface area is 122 Å². The molecular weight excluding hydrogens is 276 g/mol. The van der Waals surface area contributed by atoms with Crippen LogP contribution in [-0.4, -0.2) is 11.9 Å². The zero-order valence-corrected chi connectivity index (χ0v) is 12.1. The van der Waals surface area contributed by atoms with Gasteiger partial charge in [-0.1, -0.05) is 30.3 Å². The first kappa shape index (κ1) is 12.9. The van der Waals surface area contributed by atoms with Crippen LogP contribution in [0.5, 0.6) is 5.75 Å². The average molecular weight is 291 g/mol. The molecule has 0 radical (unpaired) electrons. The molecule has 2 aromatic rings. The maximum atomic E-state index is 5.93. The van der Waals surface area contributed by atoms with Crippen LogP contribution in [0.2, 0.25) is 0 Å². The Morgan fingerprint density at radius 1 is 1.11 bits per heavy atom. The van der Waals surface area contributed by atoms with E-state index in [0.717, 1.165) is 23.5 Å². The molecule has 1 nitrogen and oxygen atoms in total. The molecule has 98 valence electrons. The summed E-state index contributed by atoms with van der Waals surface area (Å²) in [4.78, 5) is 1.27. The number of para-hydroxylation sites is 1. The smallest absolute Gasteiger partial charge is 0.123 e. The Kier molecular flexibility index (Phi) is 4.00. The van der Waals surface area contributed by atoms with Gasteiger partial charge in [-0.15, -0.1) is 23.4 Å². The van der Waals surface area contributed by atoms with Crippen LogP contribution in [0.1, 0.15) is 11.1 Å². The van der Waals surface area contributed by atoms with Crippen LogP contribution in [0.3, 0.4) is 0 Å². The van der Waals surface area contributed by atoms with Crippen LogP contribution in [0.4, 0.5) is 0 Å². The molecule has 0 saturated carbocycles. The van der Waals surface area contributed by atoms with Crippen molar-refractivity contribution in [2.45, 2.75) is 23.3 Å². The van der Waals surface area contributed by atoms with E-state index in [2.05, 4.69) is 42.5 Å². The van der Waals surface area contributed by atoms with Crippen LogP contribution < -0.4 is 4.74 Å². The highest BCUT2D eigenvalue weighted by Gasteiger charge is 2.22. The average Bonchev–Trinajstić information content (AvgIpc) is 2.88. The maximum Gasteiger partial charge on any atom is 0.123 e. The second kappa shape index (κ2) is 5.89. The summed E-state index contributed by atoms with van der Waals surface area (Å²) in [6.07, 6.45) is 1.30. The Morgan fingerprint density at radius 2 is 1.89 bits per heavy atom. The van der Waals surface area contributed by atoms with E-state index >= 15 is 0 Å². The molecule has 3 rings (SSSR count).